The largest absolute Gasteiger partial charge is 0.456 e. The van der Waals surface area contributed by atoms with Crippen molar-refractivity contribution in [2.75, 3.05) is 0 Å². The fraction of sp³-hybridized carbons (Fsp3) is 0. The number of benzene rings is 5. The summed E-state index contributed by atoms with van der Waals surface area (Å²) in [6.07, 6.45) is 0. The van der Waals surface area contributed by atoms with Crippen molar-refractivity contribution in [2.45, 2.75) is 0 Å². The molecule has 7 aromatic rings. The Labute approximate surface area is 249 Å². The first-order chi connectivity index (χ1) is 20.4. The minimum atomic E-state index is 0.181. The summed E-state index contributed by atoms with van der Waals surface area (Å²) in [5.41, 5.74) is 6.44. The zero-order chi connectivity index (χ0) is 29.0. The van der Waals surface area contributed by atoms with Gasteiger partial charge in [0.05, 0.1) is 0 Å². The van der Waals surface area contributed by atoms with E-state index in [1.54, 1.807) is 0 Å². The molecule has 0 fully saturated rings. The number of furan rings is 1. The van der Waals surface area contributed by atoms with Gasteiger partial charge in [0.1, 0.15) is 50.4 Å². The first-order valence-electron chi connectivity index (χ1n) is 13.2. The number of aromatic nitrogens is 3. The molecule has 0 atom stereocenters. The molecule has 0 N–H and O–H groups in total. The zero-order valence-electron chi connectivity index (χ0n) is 22.4. The van der Waals surface area contributed by atoms with E-state index in [0.29, 0.717) is 34.2 Å². The molecule has 0 saturated heterocycles. The fourth-order valence-electron chi connectivity index (χ4n) is 5.17. The predicted octanol–water partition coefficient (Wildman–Crippen LogP) is 2.41. The van der Waals surface area contributed by atoms with Gasteiger partial charge < -0.3 is 4.42 Å². The van der Waals surface area contributed by atoms with Crippen molar-refractivity contribution in [3.05, 3.63) is 97.1 Å². The maximum Gasteiger partial charge on any atom is 0.164 e. The standard InChI is InChI=1S/C33H16B5N3O/c34-26-25(27(35)29(37)30(38)28(26)36)19-12-14-23-22(15-19)21-13-11-20(16-24(21)42-23)33-40-31(17-7-3-1-4-8-17)39-32(41-33)18-9-5-2-6-10-18/h1-16H. The summed E-state index contributed by atoms with van der Waals surface area (Å²) >= 11 is 0. The molecule has 0 amide bonds. The molecular formula is C33H16B5N3O. The maximum absolute atomic E-state index is 6.33. The Bertz CT molecular complexity index is 2060. The van der Waals surface area contributed by atoms with E-state index in [4.69, 9.17) is 58.6 Å². The molecule has 7 rings (SSSR count). The lowest BCUT2D eigenvalue weighted by Crippen LogP contribution is -2.55. The molecule has 0 aliphatic carbocycles. The van der Waals surface area contributed by atoms with Gasteiger partial charge in [0.2, 0.25) is 0 Å². The maximum atomic E-state index is 6.33. The Morgan fingerprint density at radius 2 is 0.905 bits per heavy atom. The summed E-state index contributed by atoms with van der Waals surface area (Å²) in [5.74, 6) is 1.72. The summed E-state index contributed by atoms with van der Waals surface area (Å²) in [6.45, 7) is 0. The van der Waals surface area contributed by atoms with E-state index in [0.717, 1.165) is 33.0 Å². The highest BCUT2D eigenvalue weighted by molar-refractivity contribution is 6.68. The average molecular weight is 525 g/mol. The number of hydrogen-bond donors (Lipinski definition) is 0. The lowest BCUT2D eigenvalue weighted by atomic mass is 9.59. The van der Waals surface area contributed by atoms with E-state index in [9.17, 15) is 0 Å². The molecule has 10 radical (unpaired) electrons. The smallest absolute Gasteiger partial charge is 0.164 e. The van der Waals surface area contributed by atoms with Crippen molar-refractivity contribution in [1.82, 2.24) is 15.0 Å². The molecule has 5 aromatic carbocycles. The van der Waals surface area contributed by atoms with Crippen LogP contribution in [0.5, 0.6) is 0 Å². The van der Waals surface area contributed by atoms with Crippen molar-refractivity contribution in [3.63, 3.8) is 0 Å². The van der Waals surface area contributed by atoms with Crippen LogP contribution in [0, 0.1) is 0 Å². The number of nitrogens with zero attached hydrogens (tertiary/aromatic N) is 3. The van der Waals surface area contributed by atoms with Crippen molar-refractivity contribution >= 4 is 88.5 Å². The van der Waals surface area contributed by atoms with Gasteiger partial charge in [0.15, 0.2) is 17.5 Å². The van der Waals surface area contributed by atoms with Gasteiger partial charge in [-0.1, -0.05) is 83.7 Å². The number of fused-ring (bicyclic) bond motifs is 3. The summed E-state index contributed by atoms with van der Waals surface area (Å²) < 4.78 is 6.26. The minimum Gasteiger partial charge on any atom is -0.456 e. The molecule has 9 heteroatoms. The second-order valence-corrected chi connectivity index (χ2v) is 10.0. The van der Waals surface area contributed by atoms with Crippen LogP contribution < -0.4 is 27.3 Å². The fourth-order valence-corrected chi connectivity index (χ4v) is 5.17. The SMILES string of the molecule is [B]c1c([B])c([B])c(-c2ccc3oc4cc(-c5nc(-c6ccccc6)nc(-c6ccccc6)n5)ccc4c3c2)c([B])c1[B]. The monoisotopic (exact) mass is 525 g/mol. The van der Waals surface area contributed by atoms with Gasteiger partial charge in [-0.15, -0.1) is 16.4 Å². The number of hydrogen-bond acceptors (Lipinski definition) is 4. The Hall–Kier alpha value is -4.77. The van der Waals surface area contributed by atoms with Gasteiger partial charge in [0.25, 0.3) is 0 Å². The van der Waals surface area contributed by atoms with Crippen molar-refractivity contribution in [1.29, 1.82) is 0 Å². The van der Waals surface area contributed by atoms with Gasteiger partial charge in [-0.3, -0.25) is 0 Å². The second kappa shape index (κ2) is 10.3. The second-order valence-electron chi connectivity index (χ2n) is 10.0. The molecule has 0 spiro atoms. The summed E-state index contributed by atoms with van der Waals surface area (Å²) in [7, 11) is 30.9. The zero-order valence-corrected chi connectivity index (χ0v) is 22.4. The molecule has 0 aliphatic rings. The van der Waals surface area contributed by atoms with Crippen molar-refractivity contribution < 1.29 is 4.42 Å². The van der Waals surface area contributed by atoms with Crippen LogP contribution in [0.25, 0.3) is 67.2 Å². The highest BCUT2D eigenvalue weighted by Crippen LogP contribution is 2.34. The molecule has 4 nitrogen and oxygen atoms in total. The van der Waals surface area contributed by atoms with E-state index in [2.05, 4.69) is 0 Å². The topological polar surface area (TPSA) is 51.8 Å². The molecule has 0 aliphatic heterocycles. The third-order valence-electron chi connectivity index (χ3n) is 7.42. The summed E-state index contributed by atoms with van der Waals surface area (Å²) in [4.78, 5) is 14.4. The lowest BCUT2D eigenvalue weighted by molar-refractivity contribution is 0.669. The van der Waals surface area contributed by atoms with Crippen LogP contribution in [0.1, 0.15) is 0 Å². The first-order valence-corrected chi connectivity index (χ1v) is 13.2. The minimum absolute atomic E-state index is 0.181. The van der Waals surface area contributed by atoms with Crippen LogP contribution >= 0.6 is 0 Å². The third kappa shape index (κ3) is 4.37. The predicted molar refractivity (Wildman–Crippen MR) is 176 cm³/mol. The summed E-state index contributed by atoms with van der Waals surface area (Å²) in [6, 6.07) is 31.3. The van der Waals surface area contributed by atoms with Crippen LogP contribution in [-0.2, 0) is 0 Å². The van der Waals surface area contributed by atoms with Gasteiger partial charge in [-0.2, -0.15) is 0 Å². The third-order valence-corrected chi connectivity index (χ3v) is 7.42. The van der Waals surface area contributed by atoms with Crippen LogP contribution in [0.3, 0.4) is 0 Å². The van der Waals surface area contributed by atoms with Crippen molar-refractivity contribution in [2.24, 2.45) is 0 Å². The quantitative estimate of drug-likeness (QED) is 0.332. The Balaban J connectivity index is 1.37. The van der Waals surface area contributed by atoms with E-state index in [1.165, 1.54) is 0 Å². The lowest BCUT2D eigenvalue weighted by Gasteiger charge is -2.21. The first kappa shape index (κ1) is 26.2. The van der Waals surface area contributed by atoms with E-state index in [-0.39, 0.29) is 27.3 Å². The van der Waals surface area contributed by atoms with E-state index in [1.807, 2.05) is 97.1 Å². The molecule has 184 valence electrons. The highest BCUT2D eigenvalue weighted by atomic mass is 16.3. The molecule has 0 unspecified atom stereocenters. The number of rotatable bonds is 4. The van der Waals surface area contributed by atoms with Crippen LogP contribution in [0.2, 0.25) is 0 Å². The van der Waals surface area contributed by atoms with Gasteiger partial charge >= 0.3 is 0 Å². The van der Waals surface area contributed by atoms with Gasteiger partial charge in [0, 0.05) is 27.5 Å². The Morgan fingerprint density at radius 1 is 0.405 bits per heavy atom. The Kier molecular flexibility index (Phi) is 6.39. The van der Waals surface area contributed by atoms with Crippen LogP contribution in [0.15, 0.2) is 101 Å². The molecule has 42 heavy (non-hydrogen) atoms. The molecule has 2 aromatic heterocycles. The molecular weight excluding hydrogens is 508 g/mol. The molecule has 0 saturated carbocycles. The average Bonchev–Trinajstić information content (AvgIpc) is 3.41. The van der Waals surface area contributed by atoms with Gasteiger partial charge in [-0.05, 0) is 35.4 Å². The van der Waals surface area contributed by atoms with Crippen molar-refractivity contribution in [3.8, 4) is 45.3 Å². The van der Waals surface area contributed by atoms with E-state index >= 15 is 0 Å². The molecule has 0 bridgehead atoms. The Morgan fingerprint density at radius 3 is 1.48 bits per heavy atom. The molecule has 2 heterocycles. The normalized spacial score (nSPS) is 11.3. The highest BCUT2D eigenvalue weighted by Gasteiger charge is 2.17. The van der Waals surface area contributed by atoms with Gasteiger partial charge in [-0.25, -0.2) is 15.0 Å². The van der Waals surface area contributed by atoms with Crippen LogP contribution in [-0.4, -0.2) is 54.2 Å². The van der Waals surface area contributed by atoms with Crippen LogP contribution in [0.4, 0.5) is 0 Å². The summed E-state index contributed by atoms with van der Waals surface area (Å²) in [5, 5.41) is 1.79. The van der Waals surface area contributed by atoms with E-state index < -0.39 is 0 Å².